The Labute approximate surface area is 189 Å². The summed E-state index contributed by atoms with van der Waals surface area (Å²) in [6.07, 6.45) is 3.22. The monoisotopic (exact) mass is 447 g/mol. The summed E-state index contributed by atoms with van der Waals surface area (Å²) < 4.78 is 21.1. The van der Waals surface area contributed by atoms with Gasteiger partial charge in [-0.05, 0) is 38.2 Å². The van der Waals surface area contributed by atoms with Crippen LogP contribution in [0.25, 0.3) is 0 Å². The van der Waals surface area contributed by atoms with Crippen molar-refractivity contribution in [1.82, 2.24) is 5.32 Å². The van der Waals surface area contributed by atoms with Crippen LogP contribution in [0.3, 0.4) is 0 Å². The highest BCUT2D eigenvalue weighted by Crippen LogP contribution is 2.42. The highest BCUT2D eigenvalue weighted by Gasteiger charge is 2.32. The van der Waals surface area contributed by atoms with Crippen LogP contribution in [-0.2, 0) is 32.1 Å². The zero-order valence-electron chi connectivity index (χ0n) is 19.9. The Kier molecular flexibility index (Phi) is 8.69. The van der Waals surface area contributed by atoms with E-state index in [4.69, 9.17) is 18.9 Å². The third-order valence-corrected chi connectivity index (χ3v) is 5.67. The topological polar surface area (TPSA) is 100 Å². The number of nitrogens with one attached hydrogen (secondary N) is 1. The number of amides is 1. The molecule has 8 heteroatoms. The fraction of sp³-hybridized carbons (Fsp3) is 0.542. The molecule has 8 nitrogen and oxygen atoms in total. The van der Waals surface area contributed by atoms with Crippen LogP contribution in [0, 0.1) is 12.8 Å². The third-order valence-electron chi connectivity index (χ3n) is 5.67. The van der Waals surface area contributed by atoms with Crippen molar-refractivity contribution >= 4 is 17.8 Å². The molecule has 1 aromatic carbocycles. The number of allylic oxidation sites excluding steroid dienone is 2. The van der Waals surface area contributed by atoms with Gasteiger partial charge in [0.1, 0.15) is 29.7 Å². The average molecular weight is 448 g/mol. The van der Waals surface area contributed by atoms with E-state index in [1.807, 2.05) is 33.8 Å². The number of rotatable bonds is 10. The van der Waals surface area contributed by atoms with Gasteiger partial charge in [0.25, 0.3) is 0 Å². The van der Waals surface area contributed by atoms with Crippen LogP contribution in [0.1, 0.15) is 60.7 Å². The molecule has 1 N–H and O–H groups in total. The summed E-state index contributed by atoms with van der Waals surface area (Å²) in [6.45, 7) is 7.74. The maximum Gasteiger partial charge on any atom is 0.342 e. The van der Waals surface area contributed by atoms with Crippen LogP contribution >= 0.6 is 0 Å². The van der Waals surface area contributed by atoms with E-state index in [0.717, 1.165) is 22.3 Å². The smallest absolute Gasteiger partial charge is 0.342 e. The molecule has 2 rings (SSSR count). The number of methoxy groups -OCH3 is 3. The fourth-order valence-corrected chi connectivity index (χ4v) is 3.79. The van der Waals surface area contributed by atoms with Gasteiger partial charge in [0.15, 0.2) is 0 Å². The first-order chi connectivity index (χ1) is 15.2. The second-order valence-corrected chi connectivity index (χ2v) is 8.17. The van der Waals surface area contributed by atoms with Gasteiger partial charge in [0, 0.05) is 17.5 Å². The molecule has 0 fully saturated rings. The number of carbonyl (C=O) groups excluding carboxylic acids is 3. The first-order valence-corrected chi connectivity index (χ1v) is 10.6. The molecule has 1 unspecified atom stereocenters. The van der Waals surface area contributed by atoms with Gasteiger partial charge in [0.05, 0.1) is 21.3 Å². The Bertz CT molecular complexity index is 918. The van der Waals surface area contributed by atoms with E-state index in [2.05, 4.69) is 5.32 Å². The fourth-order valence-electron chi connectivity index (χ4n) is 3.79. The summed E-state index contributed by atoms with van der Waals surface area (Å²) >= 11 is 0. The lowest BCUT2D eigenvalue weighted by atomic mass is 9.94. The Hall–Kier alpha value is -3.03. The summed E-state index contributed by atoms with van der Waals surface area (Å²) in [6, 6.07) is -0.667. The molecule has 0 aliphatic carbocycles. The number of benzene rings is 1. The summed E-state index contributed by atoms with van der Waals surface area (Å²) in [5, 5.41) is 2.74. The molecule has 176 valence electrons. The molecular formula is C24H33NO7. The quantitative estimate of drug-likeness (QED) is 0.434. The van der Waals surface area contributed by atoms with E-state index in [0.29, 0.717) is 29.9 Å². The van der Waals surface area contributed by atoms with Gasteiger partial charge in [-0.15, -0.1) is 0 Å². The van der Waals surface area contributed by atoms with Gasteiger partial charge in [-0.2, -0.15) is 0 Å². The van der Waals surface area contributed by atoms with Crippen molar-refractivity contribution < 1.29 is 33.3 Å². The second kappa shape index (κ2) is 11.0. The van der Waals surface area contributed by atoms with Gasteiger partial charge < -0.3 is 24.3 Å². The predicted octanol–water partition coefficient (Wildman–Crippen LogP) is 3.27. The summed E-state index contributed by atoms with van der Waals surface area (Å²) in [7, 11) is 4.41. The van der Waals surface area contributed by atoms with E-state index < -0.39 is 18.0 Å². The molecule has 1 amide bonds. The highest BCUT2D eigenvalue weighted by molar-refractivity contribution is 5.98. The molecule has 0 spiro atoms. The molecular weight excluding hydrogens is 414 g/mol. The minimum Gasteiger partial charge on any atom is -0.496 e. The zero-order valence-corrected chi connectivity index (χ0v) is 19.9. The minimum absolute atomic E-state index is 0.0716. The first kappa shape index (κ1) is 25.2. The molecule has 32 heavy (non-hydrogen) atoms. The van der Waals surface area contributed by atoms with Crippen molar-refractivity contribution in [2.24, 2.45) is 5.92 Å². The molecule has 1 atom stereocenters. The number of carbonyl (C=O) groups is 3. The van der Waals surface area contributed by atoms with Gasteiger partial charge in [-0.3, -0.25) is 4.79 Å². The van der Waals surface area contributed by atoms with Crippen molar-refractivity contribution in [3.63, 3.8) is 0 Å². The van der Waals surface area contributed by atoms with Gasteiger partial charge in [0.2, 0.25) is 5.91 Å². The number of esters is 2. The molecule has 1 heterocycles. The van der Waals surface area contributed by atoms with Crippen LogP contribution in [0.2, 0.25) is 0 Å². The van der Waals surface area contributed by atoms with Crippen molar-refractivity contribution in [1.29, 1.82) is 0 Å². The van der Waals surface area contributed by atoms with Crippen LogP contribution in [-0.4, -0.2) is 45.2 Å². The van der Waals surface area contributed by atoms with Crippen LogP contribution in [0.4, 0.5) is 0 Å². The Morgan fingerprint density at radius 2 is 1.78 bits per heavy atom. The molecule has 0 bridgehead atoms. The standard InChI is InChI=1S/C24H33NO7/c1-13(2)20(24(28)31-7)25-18(26)11-9-14(3)8-10-16-21(29-5)15(4)17-12-32-23(27)19(17)22(16)30-6/h8,13,20H,9-12H2,1-7H3,(H,25,26)/b14-8+. The van der Waals surface area contributed by atoms with Crippen molar-refractivity contribution in [2.75, 3.05) is 21.3 Å². The normalized spacial score (nSPS) is 14.0. The van der Waals surface area contributed by atoms with Crippen LogP contribution in [0.5, 0.6) is 11.5 Å². The summed E-state index contributed by atoms with van der Waals surface area (Å²) in [5.74, 6) is -0.00849. The molecule has 1 aliphatic heterocycles. The van der Waals surface area contributed by atoms with E-state index in [9.17, 15) is 14.4 Å². The number of hydrogen-bond donors (Lipinski definition) is 1. The van der Waals surface area contributed by atoms with E-state index in [-0.39, 0.29) is 24.9 Å². The molecule has 0 saturated heterocycles. The van der Waals surface area contributed by atoms with Crippen LogP contribution in [0.15, 0.2) is 11.6 Å². The van der Waals surface area contributed by atoms with E-state index >= 15 is 0 Å². The maximum absolute atomic E-state index is 12.3. The molecule has 1 aliphatic rings. The van der Waals surface area contributed by atoms with E-state index in [1.54, 1.807) is 7.11 Å². The van der Waals surface area contributed by atoms with Gasteiger partial charge in [-0.1, -0.05) is 25.5 Å². The second-order valence-electron chi connectivity index (χ2n) is 8.17. The van der Waals surface area contributed by atoms with Crippen molar-refractivity contribution in [3.8, 4) is 11.5 Å². The Balaban J connectivity index is 2.14. The summed E-state index contributed by atoms with van der Waals surface area (Å²) in [5.41, 5.74) is 3.85. The lowest BCUT2D eigenvalue weighted by Crippen LogP contribution is -2.44. The maximum atomic E-state index is 12.3. The number of cyclic esters (lactones) is 1. The first-order valence-electron chi connectivity index (χ1n) is 10.6. The number of hydrogen-bond acceptors (Lipinski definition) is 7. The average Bonchev–Trinajstić information content (AvgIpc) is 3.15. The Morgan fingerprint density at radius 3 is 2.34 bits per heavy atom. The minimum atomic E-state index is -0.667. The van der Waals surface area contributed by atoms with Crippen molar-refractivity contribution in [2.45, 2.75) is 59.6 Å². The van der Waals surface area contributed by atoms with Crippen molar-refractivity contribution in [3.05, 3.63) is 33.9 Å². The third kappa shape index (κ3) is 5.41. The highest BCUT2D eigenvalue weighted by atomic mass is 16.5. The largest absolute Gasteiger partial charge is 0.496 e. The van der Waals surface area contributed by atoms with Gasteiger partial charge >= 0.3 is 11.9 Å². The predicted molar refractivity (Wildman–Crippen MR) is 119 cm³/mol. The van der Waals surface area contributed by atoms with Gasteiger partial charge in [-0.25, -0.2) is 9.59 Å². The number of ether oxygens (including phenoxy) is 4. The lowest BCUT2D eigenvalue weighted by Gasteiger charge is -2.20. The van der Waals surface area contributed by atoms with E-state index in [1.165, 1.54) is 14.2 Å². The van der Waals surface area contributed by atoms with Crippen LogP contribution < -0.4 is 14.8 Å². The summed E-state index contributed by atoms with van der Waals surface area (Å²) in [4.78, 5) is 36.4. The Morgan fingerprint density at radius 1 is 1.12 bits per heavy atom. The number of fused-ring (bicyclic) bond motifs is 1. The molecule has 0 aromatic heterocycles. The molecule has 0 radical (unpaired) electrons. The lowest BCUT2D eigenvalue weighted by molar-refractivity contribution is -0.146. The zero-order chi connectivity index (χ0) is 24.0. The SMILES string of the molecule is COC(=O)C(NC(=O)CC/C(C)=C/Cc1c(OC)c(C)c2c(c1OC)C(=O)OC2)C(C)C. The molecule has 1 aromatic rings. The molecule has 0 saturated carbocycles.